The minimum absolute atomic E-state index is 0.425. The molecule has 0 aliphatic rings. The summed E-state index contributed by atoms with van der Waals surface area (Å²) in [5, 5.41) is 10.0. The number of para-hydroxylation sites is 1. The molecule has 0 amide bonds. The zero-order valence-electron chi connectivity index (χ0n) is 10.0. The third-order valence-corrected chi connectivity index (χ3v) is 4.10. The number of imidazole rings is 1. The minimum atomic E-state index is 0.425. The largest absolute Gasteiger partial charge is 0.329 e. The Morgan fingerprint density at radius 2 is 1.90 bits per heavy atom. The van der Waals surface area contributed by atoms with E-state index in [0.29, 0.717) is 31.6 Å². The van der Waals surface area contributed by atoms with E-state index in [0.717, 1.165) is 5.52 Å². The second-order valence-electron chi connectivity index (χ2n) is 4.15. The summed E-state index contributed by atoms with van der Waals surface area (Å²) in [5.74, 6) is 0. The first-order chi connectivity index (χ1) is 9.63. The number of halogens is 2. The van der Waals surface area contributed by atoms with E-state index >= 15 is 0 Å². The van der Waals surface area contributed by atoms with Crippen molar-refractivity contribution in [2.45, 2.75) is 0 Å². The molecule has 0 aliphatic carbocycles. The molecule has 3 aromatic rings. The lowest BCUT2D eigenvalue weighted by atomic mass is 10.2. The predicted octanol–water partition coefficient (Wildman–Crippen LogP) is 4.87. The number of fused-ring (bicyclic) bond motifs is 1. The van der Waals surface area contributed by atoms with Crippen molar-refractivity contribution in [2.24, 2.45) is 0 Å². The van der Waals surface area contributed by atoms with Crippen molar-refractivity contribution in [3.8, 4) is 11.8 Å². The van der Waals surface area contributed by atoms with Gasteiger partial charge in [-0.1, -0.05) is 35.3 Å². The molecule has 0 saturated heterocycles. The number of nitrogens with zero attached hydrogens (tertiary/aromatic N) is 2. The highest BCUT2D eigenvalue weighted by atomic mass is 35.5. The summed E-state index contributed by atoms with van der Waals surface area (Å²) in [6.45, 7) is 0. The molecule has 1 N–H and O–H groups in total. The molecule has 0 spiro atoms. The highest BCUT2D eigenvalue weighted by molar-refractivity contribution is 7.71. The molecular weight excluding hydrogens is 313 g/mol. The second kappa shape index (κ2) is 4.95. The average Bonchev–Trinajstić information content (AvgIpc) is 2.78. The zero-order valence-corrected chi connectivity index (χ0v) is 12.4. The minimum Gasteiger partial charge on any atom is -0.329 e. The first kappa shape index (κ1) is 13.2. The van der Waals surface area contributed by atoms with Crippen molar-refractivity contribution in [1.29, 1.82) is 5.26 Å². The molecule has 0 fully saturated rings. The molecule has 0 aliphatic heterocycles. The Morgan fingerprint density at radius 1 is 1.15 bits per heavy atom. The summed E-state index contributed by atoms with van der Waals surface area (Å²) in [6.07, 6.45) is 0. The fraction of sp³-hybridized carbons (Fsp3) is 0. The quantitative estimate of drug-likeness (QED) is 0.650. The molecule has 0 unspecified atom stereocenters. The lowest BCUT2D eigenvalue weighted by Gasteiger charge is -2.08. The molecule has 6 heteroatoms. The van der Waals surface area contributed by atoms with Crippen molar-refractivity contribution in [1.82, 2.24) is 9.55 Å². The van der Waals surface area contributed by atoms with Gasteiger partial charge in [0.15, 0.2) is 4.77 Å². The lowest BCUT2D eigenvalue weighted by Crippen LogP contribution is -1.95. The molecule has 3 rings (SSSR count). The average molecular weight is 320 g/mol. The Morgan fingerprint density at radius 3 is 2.65 bits per heavy atom. The van der Waals surface area contributed by atoms with E-state index in [1.165, 1.54) is 0 Å². The molecule has 98 valence electrons. The highest BCUT2D eigenvalue weighted by Gasteiger charge is 2.13. The topological polar surface area (TPSA) is 44.5 Å². The molecule has 0 saturated carbocycles. The van der Waals surface area contributed by atoms with Gasteiger partial charge in [-0.15, -0.1) is 0 Å². The molecule has 0 atom stereocenters. The summed E-state index contributed by atoms with van der Waals surface area (Å²) in [7, 11) is 0. The molecule has 0 radical (unpaired) electrons. The standard InChI is InChI=1S/C14H7Cl2N3S/c15-9-4-2-5-10(12(9)16)19-11-6-1-3-8(7-17)13(11)18-14(19)20/h1-6H,(H,18,20). The Bertz CT molecular complexity index is 918. The Kier molecular flexibility index (Phi) is 3.27. The third kappa shape index (κ3) is 1.92. The third-order valence-electron chi connectivity index (χ3n) is 3.01. The van der Waals surface area contributed by atoms with Gasteiger partial charge < -0.3 is 4.98 Å². The van der Waals surface area contributed by atoms with Gasteiger partial charge >= 0.3 is 0 Å². The molecule has 2 aromatic carbocycles. The van der Waals surface area contributed by atoms with Gasteiger partial charge in [0.2, 0.25) is 0 Å². The lowest BCUT2D eigenvalue weighted by molar-refractivity contribution is 1.07. The summed E-state index contributed by atoms with van der Waals surface area (Å²) in [4.78, 5) is 3.05. The van der Waals surface area contributed by atoms with Gasteiger partial charge in [-0.05, 0) is 36.5 Å². The van der Waals surface area contributed by atoms with Crippen LogP contribution in [0.3, 0.4) is 0 Å². The van der Waals surface area contributed by atoms with E-state index in [1.54, 1.807) is 28.8 Å². The van der Waals surface area contributed by atoms with E-state index in [4.69, 9.17) is 40.7 Å². The second-order valence-corrected chi connectivity index (χ2v) is 5.32. The normalized spacial score (nSPS) is 10.7. The number of nitrogens with one attached hydrogen (secondary N) is 1. The number of nitriles is 1. The van der Waals surface area contributed by atoms with E-state index < -0.39 is 0 Å². The molecule has 20 heavy (non-hydrogen) atoms. The Hall–Kier alpha value is -1.80. The number of hydrogen-bond acceptors (Lipinski definition) is 2. The maximum atomic E-state index is 9.14. The van der Waals surface area contributed by atoms with E-state index in [1.807, 2.05) is 12.1 Å². The Balaban J connectivity index is 2.44. The monoisotopic (exact) mass is 319 g/mol. The molecular formula is C14H7Cl2N3S. The number of hydrogen-bond donors (Lipinski definition) is 1. The summed E-state index contributed by atoms with van der Waals surface area (Å²) >= 11 is 17.6. The maximum absolute atomic E-state index is 9.14. The molecule has 0 bridgehead atoms. The number of aromatic nitrogens is 2. The van der Waals surface area contributed by atoms with Crippen LogP contribution in [0.15, 0.2) is 36.4 Å². The Labute approximate surface area is 130 Å². The summed E-state index contributed by atoms with van der Waals surface area (Å²) in [6, 6.07) is 12.9. The summed E-state index contributed by atoms with van der Waals surface area (Å²) in [5.41, 5.74) is 2.70. The van der Waals surface area contributed by atoms with Crippen LogP contribution in [0.1, 0.15) is 5.56 Å². The van der Waals surface area contributed by atoms with Gasteiger partial charge in [0, 0.05) is 0 Å². The van der Waals surface area contributed by atoms with Crippen LogP contribution in [0, 0.1) is 16.1 Å². The van der Waals surface area contributed by atoms with Crippen molar-refractivity contribution < 1.29 is 0 Å². The molecule has 3 nitrogen and oxygen atoms in total. The summed E-state index contributed by atoms with van der Waals surface area (Å²) < 4.78 is 2.24. The number of aromatic amines is 1. The van der Waals surface area contributed by atoms with Crippen LogP contribution in [0.25, 0.3) is 16.7 Å². The van der Waals surface area contributed by atoms with Crippen LogP contribution < -0.4 is 0 Å². The van der Waals surface area contributed by atoms with Gasteiger partial charge in [-0.3, -0.25) is 4.57 Å². The smallest absolute Gasteiger partial charge is 0.182 e. The van der Waals surface area contributed by atoms with E-state index in [-0.39, 0.29) is 0 Å². The van der Waals surface area contributed by atoms with Gasteiger partial charge in [-0.25, -0.2) is 0 Å². The van der Waals surface area contributed by atoms with Crippen LogP contribution in [0.2, 0.25) is 10.0 Å². The van der Waals surface area contributed by atoms with Gasteiger partial charge in [0.1, 0.15) is 6.07 Å². The van der Waals surface area contributed by atoms with E-state index in [9.17, 15) is 0 Å². The highest BCUT2D eigenvalue weighted by Crippen LogP contribution is 2.31. The van der Waals surface area contributed by atoms with Gasteiger partial charge in [0.25, 0.3) is 0 Å². The van der Waals surface area contributed by atoms with Crippen LogP contribution in [0.5, 0.6) is 0 Å². The maximum Gasteiger partial charge on any atom is 0.182 e. The number of benzene rings is 2. The zero-order chi connectivity index (χ0) is 14.3. The predicted molar refractivity (Wildman–Crippen MR) is 83.2 cm³/mol. The fourth-order valence-electron chi connectivity index (χ4n) is 2.13. The first-order valence-corrected chi connectivity index (χ1v) is 6.88. The van der Waals surface area contributed by atoms with Crippen LogP contribution in [-0.2, 0) is 0 Å². The van der Waals surface area contributed by atoms with Crippen molar-refractivity contribution in [3.63, 3.8) is 0 Å². The molecule has 1 aromatic heterocycles. The number of H-pyrrole nitrogens is 1. The van der Waals surface area contributed by atoms with Gasteiger partial charge in [0.05, 0.1) is 32.3 Å². The molecule has 1 heterocycles. The van der Waals surface area contributed by atoms with Crippen molar-refractivity contribution >= 4 is 46.5 Å². The van der Waals surface area contributed by atoms with Gasteiger partial charge in [-0.2, -0.15) is 5.26 Å². The SMILES string of the molecule is N#Cc1cccc2c1[nH]c(=S)n2-c1cccc(Cl)c1Cl. The van der Waals surface area contributed by atoms with Crippen LogP contribution in [-0.4, -0.2) is 9.55 Å². The number of rotatable bonds is 1. The van der Waals surface area contributed by atoms with Crippen LogP contribution in [0.4, 0.5) is 0 Å². The van der Waals surface area contributed by atoms with Crippen LogP contribution >= 0.6 is 35.4 Å². The van der Waals surface area contributed by atoms with Crippen molar-refractivity contribution in [3.05, 3.63) is 56.8 Å². The van der Waals surface area contributed by atoms with E-state index in [2.05, 4.69) is 11.1 Å². The fourth-order valence-corrected chi connectivity index (χ4v) is 2.81. The first-order valence-electron chi connectivity index (χ1n) is 5.71. The van der Waals surface area contributed by atoms with Crippen molar-refractivity contribution in [2.75, 3.05) is 0 Å².